The summed E-state index contributed by atoms with van der Waals surface area (Å²) in [6.45, 7) is 3.44. The lowest BCUT2D eigenvalue weighted by atomic mass is 10.0. The number of rotatable bonds is 3. The molecule has 0 heterocycles. The molecule has 1 aromatic carbocycles. The second-order valence-corrected chi connectivity index (χ2v) is 2.78. The summed E-state index contributed by atoms with van der Waals surface area (Å²) in [7, 11) is 0. The molecule has 74 valence electrons. The molecule has 0 aliphatic heterocycles. The molecule has 0 fully saturated rings. The monoisotopic (exact) mass is 199 g/mol. The Hall–Kier alpha value is -2.34. The van der Waals surface area contributed by atoms with Gasteiger partial charge < -0.3 is 5.11 Å². The van der Waals surface area contributed by atoms with Crippen molar-refractivity contribution in [2.24, 2.45) is 0 Å². The molecule has 1 rings (SSSR count). The van der Waals surface area contributed by atoms with Crippen molar-refractivity contribution in [3.05, 3.63) is 54.1 Å². The number of carboxylic acids is 1. The van der Waals surface area contributed by atoms with Gasteiger partial charge in [-0.1, -0.05) is 30.9 Å². The van der Waals surface area contributed by atoms with Crippen LogP contribution in [0.4, 0.5) is 0 Å². The summed E-state index contributed by atoms with van der Waals surface area (Å²) >= 11 is 0. The lowest BCUT2D eigenvalue weighted by molar-refractivity contribution is -0.130. The van der Waals surface area contributed by atoms with Crippen LogP contribution < -0.4 is 0 Å². The van der Waals surface area contributed by atoms with Gasteiger partial charge in [-0.15, -0.1) is 0 Å². The van der Waals surface area contributed by atoms with Gasteiger partial charge in [0.15, 0.2) is 0 Å². The highest BCUT2D eigenvalue weighted by atomic mass is 16.4. The van der Waals surface area contributed by atoms with E-state index in [1.54, 1.807) is 24.3 Å². The zero-order valence-corrected chi connectivity index (χ0v) is 7.97. The zero-order chi connectivity index (χ0) is 11.3. The van der Waals surface area contributed by atoms with Crippen LogP contribution >= 0.6 is 0 Å². The summed E-state index contributed by atoms with van der Waals surface area (Å²) in [5.74, 6) is -1.07. The van der Waals surface area contributed by atoms with Gasteiger partial charge in [0, 0.05) is 5.56 Å². The quantitative estimate of drug-likeness (QED) is 0.599. The number of hydrogen-bond acceptors (Lipinski definition) is 2. The zero-order valence-electron chi connectivity index (χ0n) is 7.97. The van der Waals surface area contributed by atoms with Crippen LogP contribution in [0.3, 0.4) is 0 Å². The fourth-order valence-electron chi connectivity index (χ4n) is 1.21. The Morgan fingerprint density at radius 1 is 1.47 bits per heavy atom. The van der Waals surface area contributed by atoms with Crippen molar-refractivity contribution in [3.63, 3.8) is 0 Å². The highest BCUT2D eigenvalue weighted by molar-refractivity contribution is 6.16. The van der Waals surface area contributed by atoms with E-state index in [2.05, 4.69) is 6.58 Å². The van der Waals surface area contributed by atoms with Crippen LogP contribution in [-0.4, -0.2) is 11.1 Å². The molecule has 0 aliphatic rings. The minimum absolute atomic E-state index is 0.0714. The first kappa shape index (κ1) is 10.7. The van der Waals surface area contributed by atoms with Crippen molar-refractivity contribution in [2.75, 3.05) is 0 Å². The first-order valence-corrected chi connectivity index (χ1v) is 4.26. The van der Waals surface area contributed by atoms with E-state index in [9.17, 15) is 4.79 Å². The van der Waals surface area contributed by atoms with Crippen LogP contribution in [0.25, 0.3) is 5.57 Å². The normalized spacial score (nSPS) is 10.5. The topological polar surface area (TPSA) is 61.1 Å². The number of hydrogen-bond donors (Lipinski definition) is 1. The van der Waals surface area contributed by atoms with E-state index in [4.69, 9.17) is 10.4 Å². The molecule has 0 saturated heterocycles. The first-order chi connectivity index (χ1) is 7.20. The first-order valence-electron chi connectivity index (χ1n) is 4.26. The fraction of sp³-hybridized carbons (Fsp3) is 0. The average Bonchev–Trinajstić information content (AvgIpc) is 2.25. The Balaban J connectivity index is 3.36. The third kappa shape index (κ3) is 2.32. The van der Waals surface area contributed by atoms with Crippen molar-refractivity contribution in [2.45, 2.75) is 0 Å². The van der Waals surface area contributed by atoms with Gasteiger partial charge in [0.05, 0.1) is 17.2 Å². The third-order valence-electron chi connectivity index (χ3n) is 1.85. The maximum absolute atomic E-state index is 10.9. The summed E-state index contributed by atoms with van der Waals surface area (Å²) in [6, 6.07) is 8.51. The maximum atomic E-state index is 10.9. The fourth-order valence-corrected chi connectivity index (χ4v) is 1.21. The lowest BCUT2D eigenvalue weighted by Crippen LogP contribution is -2.01. The number of aliphatic carboxylic acids is 1. The molecule has 0 aromatic heterocycles. The molecule has 0 amide bonds. The molecule has 3 nitrogen and oxygen atoms in total. The number of allylic oxidation sites excluding steroid dienone is 2. The average molecular weight is 199 g/mol. The molecular formula is C12H9NO2. The number of nitrogens with zero attached hydrogens (tertiary/aromatic N) is 1. The van der Waals surface area contributed by atoms with Gasteiger partial charge in [0.25, 0.3) is 0 Å². The van der Waals surface area contributed by atoms with Crippen molar-refractivity contribution in [1.82, 2.24) is 0 Å². The van der Waals surface area contributed by atoms with Gasteiger partial charge in [-0.05, 0) is 12.1 Å². The predicted molar refractivity (Wildman–Crippen MR) is 57.0 cm³/mol. The van der Waals surface area contributed by atoms with Gasteiger partial charge in [-0.3, -0.25) is 0 Å². The van der Waals surface area contributed by atoms with E-state index in [1.165, 1.54) is 12.2 Å². The molecule has 0 unspecified atom stereocenters. The van der Waals surface area contributed by atoms with Gasteiger partial charge in [-0.2, -0.15) is 5.26 Å². The lowest BCUT2D eigenvalue weighted by Gasteiger charge is -2.03. The van der Waals surface area contributed by atoms with Gasteiger partial charge in [0.1, 0.15) is 0 Å². The summed E-state index contributed by atoms with van der Waals surface area (Å²) in [4.78, 5) is 10.9. The number of benzene rings is 1. The Kier molecular flexibility index (Phi) is 3.42. The van der Waals surface area contributed by atoms with Crippen LogP contribution in [-0.2, 0) is 4.79 Å². The van der Waals surface area contributed by atoms with Crippen LogP contribution in [0.15, 0.2) is 43.0 Å². The van der Waals surface area contributed by atoms with E-state index in [-0.39, 0.29) is 5.57 Å². The second-order valence-electron chi connectivity index (χ2n) is 2.78. The molecule has 1 aromatic rings. The Morgan fingerprint density at radius 2 is 2.13 bits per heavy atom. The molecule has 1 N–H and O–H groups in total. The molecular weight excluding hydrogens is 190 g/mol. The molecule has 3 heteroatoms. The molecule has 0 atom stereocenters. The van der Waals surface area contributed by atoms with Crippen molar-refractivity contribution < 1.29 is 9.90 Å². The van der Waals surface area contributed by atoms with E-state index in [0.717, 1.165) is 0 Å². The van der Waals surface area contributed by atoms with Crippen LogP contribution in [0.5, 0.6) is 0 Å². The molecule has 15 heavy (non-hydrogen) atoms. The third-order valence-corrected chi connectivity index (χ3v) is 1.85. The minimum atomic E-state index is -1.07. The summed E-state index contributed by atoms with van der Waals surface area (Å²) in [5, 5.41) is 17.8. The van der Waals surface area contributed by atoms with E-state index in [0.29, 0.717) is 11.1 Å². The number of carbonyl (C=O) groups is 1. The SMILES string of the molecule is C=C/C=C(/C(=O)O)c1ccccc1C#N. The van der Waals surface area contributed by atoms with Crippen molar-refractivity contribution in [3.8, 4) is 6.07 Å². The van der Waals surface area contributed by atoms with E-state index >= 15 is 0 Å². The van der Waals surface area contributed by atoms with Gasteiger partial charge in [-0.25, -0.2) is 4.79 Å². The summed E-state index contributed by atoms with van der Waals surface area (Å²) in [6.07, 6.45) is 2.76. The van der Waals surface area contributed by atoms with E-state index < -0.39 is 5.97 Å². The second kappa shape index (κ2) is 4.77. The van der Waals surface area contributed by atoms with Crippen LogP contribution in [0.2, 0.25) is 0 Å². The smallest absolute Gasteiger partial charge is 0.336 e. The predicted octanol–water partition coefficient (Wildman–Crippen LogP) is 2.21. The highest BCUT2D eigenvalue weighted by Gasteiger charge is 2.12. The summed E-state index contributed by atoms with van der Waals surface area (Å²) < 4.78 is 0. The maximum Gasteiger partial charge on any atom is 0.336 e. The van der Waals surface area contributed by atoms with Crippen LogP contribution in [0, 0.1) is 11.3 Å². The largest absolute Gasteiger partial charge is 0.478 e. The Morgan fingerprint density at radius 3 is 2.67 bits per heavy atom. The van der Waals surface area contributed by atoms with Crippen molar-refractivity contribution in [1.29, 1.82) is 5.26 Å². The highest BCUT2D eigenvalue weighted by Crippen LogP contribution is 2.18. The molecule has 0 saturated carbocycles. The molecule has 0 radical (unpaired) electrons. The summed E-state index contributed by atoms with van der Waals surface area (Å²) in [5.41, 5.74) is 0.822. The number of carboxylic acid groups (broad SMARTS) is 1. The minimum Gasteiger partial charge on any atom is -0.478 e. The van der Waals surface area contributed by atoms with Gasteiger partial charge in [0.2, 0.25) is 0 Å². The van der Waals surface area contributed by atoms with Crippen LogP contribution in [0.1, 0.15) is 11.1 Å². The van der Waals surface area contributed by atoms with Crippen molar-refractivity contribution >= 4 is 11.5 Å². The Labute approximate surface area is 87.6 Å². The number of nitriles is 1. The van der Waals surface area contributed by atoms with Gasteiger partial charge >= 0.3 is 5.97 Å². The molecule has 0 aliphatic carbocycles. The van der Waals surface area contributed by atoms with E-state index in [1.807, 2.05) is 6.07 Å². The standard InChI is InChI=1S/C12H9NO2/c1-2-5-11(12(14)15)10-7-4-3-6-9(10)8-13/h2-7H,1H2,(H,14,15)/b11-5+. The molecule has 0 bridgehead atoms. The molecule has 0 spiro atoms. The Bertz CT molecular complexity index is 467.